The van der Waals surface area contributed by atoms with Crippen LogP contribution in [0.25, 0.3) is 11.0 Å². The van der Waals surface area contributed by atoms with Crippen molar-refractivity contribution in [3.63, 3.8) is 0 Å². The van der Waals surface area contributed by atoms with E-state index in [2.05, 4.69) is 10.3 Å². The van der Waals surface area contributed by atoms with Gasteiger partial charge in [0.15, 0.2) is 5.65 Å². The molecule has 2 heterocycles. The van der Waals surface area contributed by atoms with Gasteiger partial charge in [0.2, 0.25) is 5.91 Å². The lowest BCUT2D eigenvalue weighted by molar-refractivity contribution is -0.116. The second-order valence-corrected chi connectivity index (χ2v) is 5.95. The molecule has 0 fully saturated rings. The Balaban J connectivity index is 1.92. The molecule has 0 unspecified atom stereocenters. The maximum absolute atomic E-state index is 12.8. The molecule has 3 rings (SSSR count). The number of hydrogen-bond acceptors (Lipinski definition) is 6. The van der Waals surface area contributed by atoms with Crippen LogP contribution in [0.1, 0.15) is 6.92 Å². The van der Waals surface area contributed by atoms with Gasteiger partial charge in [-0.15, -0.1) is 0 Å². The van der Waals surface area contributed by atoms with Crippen molar-refractivity contribution in [1.29, 1.82) is 0 Å². The van der Waals surface area contributed by atoms with Crippen LogP contribution in [0.3, 0.4) is 0 Å². The lowest BCUT2D eigenvalue weighted by atomic mass is 10.3. The lowest BCUT2D eigenvalue weighted by Crippen LogP contribution is -2.42. The third-order valence-electron chi connectivity index (χ3n) is 4.16. The Morgan fingerprint density at radius 2 is 1.89 bits per heavy atom. The molecule has 0 aliphatic heterocycles. The topological polar surface area (TPSA) is 104 Å². The summed E-state index contributed by atoms with van der Waals surface area (Å²) < 4.78 is 12.6. The first-order valence-electron chi connectivity index (χ1n) is 8.61. The van der Waals surface area contributed by atoms with Gasteiger partial charge < -0.3 is 14.8 Å². The summed E-state index contributed by atoms with van der Waals surface area (Å²) in [4.78, 5) is 41.9. The van der Waals surface area contributed by atoms with Crippen LogP contribution in [0.5, 0.6) is 11.5 Å². The largest absolute Gasteiger partial charge is 0.496 e. The zero-order valence-electron chi connectivity index (χ0n) is 15.8. The number of amides is 1. The number of ether oxygens (including phenoxy) is 2. The minimum Gasteiger partial charge on any atom is -0.496 e. The molecule has 0 aliphatic carbocycles. The van der Waals surface area contributed by atoms with Gasteiger partial charge in [-0.3, -0.25) is 14.2 Å². The molecule has 1 aromatic carbocycles. The van der Waals surface area contributed by atoms with E-state index in [0.717, 1.165) is 4.57 Å². The molecule has 9 nitrogen and oxygen atoms in total. The third kappa shape index (κ3) is 3.59. The molecule has 0 aliphatic rings. The Labute approximate surface area is 160 Å². The second kappa shape index (κ2) is 7.95. The molecular formula is C19H20N4O5. The number of aryl methyl sites for hydroxylation is 1. The van der Waals surface area contributed by atoms with Crippen molar-refractivity contribution in [2.45, 2.75) is 13.5 Å². The van der Waals surface area contributed by atoms with Gasteiger partial charge >= 0.3 is 5.69 Å². The van der Waals surface area contributed by atoms with Crippen LogP contribution in [-0.2, 0) is 18.4 Å². The highest BCUT2D eigenvalue weighted by atomic mass is 16.5. The minimum absolute atomic E-state index is 0.140. The molecule has 0 saturated carbocycles. The first-order chi connectivity index (χ1) is 13.5. The smallest absolute Gasteiger partial charge is 0.332 e. The molecule has 2 aromatic heterocycles. The number of carbonyl (C=O) groups is 1. The fourth-order valence-corrected chi connectivity index (χ4v) is 2.84. The summed E-state index contributed by atoms with van der Waals surface area (Å²) >= 11 is 0. The summed E-state index contributed by atoms with van der Waals surface area (Å²) in [5.41, 5.74) is -0.555. The van der Waals surface area contributed by atoms with E-state index >= 15 is 0 Å². The predicted molar refractivity (Wildman–Crippen MR) is 104 cm³/mol. The van der Waals surface area contributed by atoms with Gasteiger partial charge in [0.05, 0.1) is 13.7 Å². The minimum atomic E-state index is -0.639. The molecule has 1 N–H and O–H groups in total. The number of hydrogen-bond donors (Lipinski definition) is 1. The number of nitrogens with one attached hydrogen (secondary N) is 1. The highest BCUT2D eigenvalue weighted by Gasteiger charge is 2.17. The number of benzene rings is 1. The van der Waals surface area contributed by atoms with Crippen molar-refractivity contribution in [2.75, 3.05) is 19.0 Å². The molecule has 28 heavy (non-hydrogen) atoms. The molecule has 0 saturated heterocycles. The van der Waals surface area contributed by atoms with E-state index in [1.807, 2.05) is 6.92 Å². The normalized spacial score (nSPS) is 10.7. The Kier molecular flexibility index (Phi) is 5.44. The van der Waals surface area contributed by atoms with E-state index in [9.17, 15) is 14.4 Å². The van der Waals surface area contributed by atoms with Crippen LogP contribution in [0.15, 0.2) is 46.1 Å². The Bertz CT molecular complexity index is 1130. The number of aromatic nitrogens is 3. The van der Waals surface area contributed by atoms with Crippen LogP contribution < -0.4 is 26.0 Å². The van der Waals surface area contributed by atoms with E-state index in [1.165, 1.54) is 31.0 Å². The summed E-state index contributed by atoms with van der Waals surface area (Å²) in [6, 6.07) is 8.32. The van der Waals surface area contributed by atoms with E-state index in [0.29, 0.717) is 18.0 Å². The average Bonchev–Trinajstić information content (AvgIpc) is 2.70. The number of anilines is 1. The van der Waals surface area contributed by atoms with Gasteiger partial charge in [-0.05, 0) is 37.3 Å². The number of pyridine rings is 1. The van der Waals surface area contributed by atoms with Crippen LogP contribution in [0.2, 0.25) is 0 Å². The number of rotatable bonds is 6. The van der Waals surface area contributed by atoms with Gasteiger partial charge in [0.1, 0.15) is 23.4 Å². The van der Waals surface area contributed by atoms with Crippen molar-refractivity contribution in [3.8, 4) is 11.5 Å². The zero-order valence-corrected chi connectivity index (χ0v) is 15.8. The fourth-order valence-electron chi connectivity index (χ4n) is 2.84. The molecule has 146 valence electrons. The predicted octanol–water partition coefficient (Wildman–Crippen LogP) is 1.14. The SMILES string of the molecule is CCOc1ccc(NC(=O)Cn2c(=O)c3c(OC)ccnc3n(C)c2=O)cc1. The molecular weight excluding hydrogens is 364 g/mol. The number of carbonyl (C=O) groups excluding carboxylic acids is 1. The van der Waals surface area contributed by atoms with Crippen LogP contribution in [0.4, 0.5) is 5.69 Å². The van der Waals surface area contributed by atoms with Gasteiger partial charge in [-0.25, -0.2) is 14.3 Å². The quantitative estimate of drug-likeness (QED) is 0.683. The molecule has 0 atom stereocenters. The number of nitrogens with zero attached hydrogens (tertiary/aromatic N) is 3. The summed E-state index contributed by atoms with van der Waals surface area (Å²) in [5, 5.41) is 2.80. The second-order valence-electron chi connectivity index (χ2n) is 5.95. The number of fused-ring (bicyclic) bond motifs is 1. The van der Waals surface area contributed by atoms with Crippen LogP contribution in [-0.4, -0.2) is 33.7 Å². The molecule has 9 heteroatoms. The van der Waals surface area contributed by atoms with Crippen molar-refractivity contribution in [3.05, 3.63) is 57.4 Å². The van der Waals surface area contributed by atoms with E-state index < -0.39 is 23.7 Å². The molecule has 1 amide bonds. The number of methoxy groups -OCH3 is 1. The maximum atomic E-state index is 12.8. The molecule has 0 bridgehead atoms. The molecule has 0 radical (unpaired) electrons. The summed E-state index contributed by atoms with van der Waals surface area (Å²) in [5.74, 6) is 0.455. The van der Waals surface area contributed by atoms with Gasteiger partial charge in [0.25, 0.3) is 5.56 Å². The first kappa shape index (κ1) is 19.2. The summed E-state index contributed by atoms with van der Waals surface area (Å²) in [6.07, 6.45) is 1.45. The van der Waals surface area contributed by atoms with Gasteiger partial charge in [-0.1, -0.05) is 0 Å². The van der Waals surface area contributed by atoms with Crippen molar-refractivity contribution < 1.29 is 14.3 Å². The monoisotopic (exact) mass is 384 g/mol. The van der Waals surface area contributed by atoms with E-state index in [4.69, 9.17) is 9.47 Å². The summed E-state index contributed by atoms with van der Waals surface area (Å²) in [7, 11) is 2.90. The van der Waals surface area contributed by atoms with E-state index in [-0.39, 0.29) is 16.8 Å². The van der Waals surface area contributed by atoms with Crippen LogP contribution in [0, 0.1) is 0 Å². The van der Waals surface area contributed by atoms with E-state index in [1.54, 1.807) is 24.3 Å². The first-order valence-corrected chi connectivity index (χ1v) is 8.61. The fraction of sp³-hybridized carbons (Fsp3) is 0.263. The highest BCUT2D eigenvalue weighted by Crippen LogP contribution is 2.18. The van der Waals surface area contributed by atoms with Gasteiger partial charge in [0, 0.05) is 18.9 Å². The molecule has 3 aromatic rings. The average molecular weight is 384 g/mol. The Hall–Kier alpha value is -3.62. The summed E-state index contributed by atoms with van der Waals surface area (Å²) in [6.45, 7) is 1.98. The van der Waals surface area contributed by atoms with Crippen molar-refractivity contribution >= 4 is 22.6 Å². The third-order valence-corrected chi connectivity index (χ3v) is 4.16. The Morgan fingerprint density at radius 1 is 1.18 bits per heavy atom. The Morgan fingerprint density at radius 3 is 2.54 bits per heavy atom. The highest BCUT2D eigenvalue weighted by molar-refractivity contribution is 5.91. The molecule has 0 spiro atoms. The lowest BCUT2D eigenvalue weighted by Gasteiger charge is -2.12. The maximum Gasteiger partial charge on any atom is 0.332 e. The van der Waals surface area contributed by atoms with Crippen LogP contribution >= 0.6 is 0 Å². The zero-order chi connectivity index (χ0) is 20.3. The van der Waals surface area contributed by atoms with Crippen molar-refractivity contribution in [2.24, 2.45) is 7.05 Å². The standard InChI is InChI=1S/C19H20N4O5/c1-4-28-13-7-5-12(6-8-13)21-15(24)11-23-18(25)16-14(27-3)9-10-20-17(16)22(2)19(23)26/h5-10H,4,11H2,1-3H3,(H,21,24). The van der Waals surface area contributed by atoms with Gasteiger partial charge in [-0.2, -0.15) is 0 Å². The van der Waals surface area contributed by atoms with Crippen molar-refractivity contribution in [1.82, 2.24) is 14.1 Å².